The molecule has 1 N–H and O–H groups in total. The molecule has 6 nitrogen and oxygen atoms in total. The lowest BCUT2D eigenvalue weighted by Crippen LogP contribution is -2.67. The molecule has 0 bridgehead atoms. The van der Waals surface area contributed by atoms with Crippen molar-refractivity contribution in [2.24, 2.45) is 5.92 Å². The smallest absolute Gasteiger partial charge is 0.271 e. The van der Waals surface area contributed by atoms with Crippen LogP contribution in [0.15, 0.2) is 34.9 Å². The van der Waals surface area contributed by atoms with Gasteiger partial charge in [0.15, 0.2) is 0 Å². The Morgan fingerprint density at radius 1 is 1.03 bits per heavy atom. The number of carbonyl (C=O) groups excluding carboxylic acids is 2. The van der Waals surface area contributed by atoms with Crippen LogP contribution in [0.4, 0.5) is 0 Å². The van der Waals surface area contributed by atoms with Crippen LogP contribution in [-0.2, 0) is 11.3 Å². The number of aromatic nitrogens is 1. The lowest BCUT2D eigenvalue weighted by atomic mass is 9.84. The van der Waals surface area contributed by atoms with Crippen molar-refractivity contribution in [2.45, 2.75) is 95.8 Å². The van der Waals surface area contributed by atoms with E-state index < -0.39 is 5.54 Å². The molecule has 6 heteroatoms. The van der Waals surface area contributed by atoms with Crippen molar-refractivity contribution in [3.8, 4) is 11.5 Å². The number of nitrogens with one attached hydrogen (secondary N) is 1. The van der Waals surface area contributed by atoms with Gasteiger partial charge in [-0.3, -0.25) is 9.59 Å². The fourth-order valence-electron chi connectivity index (χ4n) is 6.03. The van der Waals surface area contributed by atoms with Crippen molar-refractivity contribution in [3.63, 3.8) is 0 Å². The minimum Gasteiger partial charge on any atom is -0.463 e. The molecule has 32 heavy (non-hydrogen) atoms. The van der Waals surface area contributed by atoms with Gasteiger partial charge in [-0.05, 0) is 75.6 Å². The Balaban J connectivity index is 1.50. The highest BCUT2D eigenvalue weighted by Gasteiger charge is 2.51. The summed E-state index contributed by atoms with van der Waals surface area (Å²) in [6.07, 6.45) is 11.4. The van der Waals surface area contributed by atoms with Gasteiger partial charge in [0.2, 0.25) is 5.91 Å². The molecule has 3 aliphatic rings. The highest BCUT2D eigenvalue weighted by Crippen LogP contribution is 2.38. The van der Waals surface area contributed by atoms with Gasteiger partial charge in [0.25, 0.3) is 5.91 Å². The molecule has 5 rings (SSSR count). The van der Waals surface area contributed by atoms with Gasteiger partial charge in [0.05, 0.1) is 18.5 Å². The largest absolute Gasteiger partial charge is 0.463 e. The molecule has 1 atom stereocenters. The number of carbonyl (C=O) groups is 2. The Bertz CT molecular complexity index is 965. The first-order valence-corrected chi connectivity index (χ1v) is 12.4. The summed E-state index contributed by atoms with van der Waals surface area (Å²) in [5, 5.41) is 3.35. The Labute approximate surface area is 190 Å². The molecule has 1 unspecified atom stereocenters. The van der Waals surface area contributed by atoms with Gasteiger partial charge in [0.1, 0.15) is 17.0 Å². The van der Waals surface area contributed by atoms with Gasteiger partial charge in [-0.25, -0.2) is 0 Å². The SMILES string of the molecule is CC1CCC(NC(=O)C2(C)Cn3c(ccc3-c3ccco3)C(=O)N2C2CCCCC2)CC1. The summed E-state index contributed by atoms with van der Waals surface area (Å²) in [5.74, 6) is 1.41. The van der Waals surface area contributed by atoms with E-state index in [9.17, 15) is 9.59 Å². The number of furan rings is 1. The average Bonchev–Trinajstić information content (AvgIpc) is 3.46. The Morgan fingerprint density at radius 3 is 2.44 bits per heavy atom. The second kappa shape index (κ2) is 8.45. The van der Waals surface area contributed by atoms with Crippen molar-refractivity contribution in [3.05, 3.63) is 36.2 Å². The molecular weight excluding hydrogens is 402 g/mol. The summed E-state index contributed by atoms with van der Waals surface area (Å²) < 4.78 is 7.63. The Kier molecular flexibility index (Phi) is 5.64. The first-order chi connectivity index (χ1) is 15.5. The van der Waals surface area contributed by atoms with E-state index in [1.165, 1.54) is 6.42 Å². The van der Waals surface area contributed by atoms with Crippen LogP contribution < -0.4 is 5.32 Å². The van der Waals surface area contributed by atoms with Crippen molar-refractivity contribution in [1.82, 2.24) is 14.8 Å². The van der Waals surface area contributed by atoms with Crippen LogP contribution in [0, 0.1) is 5.92 Å². The lowest BCUT2D eigenvalue weighted by molar-refractivity contribution is -0.135. The molecule has 172 valence electrons. The molecule has 0 saturated heterocycles. The predicted octanol–water partition coefficient (Wildman–Crippen LogP) is 4.99. The van der Waals surface area contributed by atoms with Crippen LogP contribution in [0.25, 0.3) is 11.5 Å². The third-order valence-corrected chi connectivity index (χ3v) is 7.97. The van der Waals surface area contributed by atoms with Gasteiger partial charge in [0, 0.05) is 12.1 Å². The quantitative estimate of drug-likeness (QED) is 0.733. The summed E-state index contributed by atoms with van der Waals surface area (Å²) in [4.78, 5) is 29.6. The van der Waals surface area contributed by atoms with Crippen LogP contribution in [0.5, 0.6) is 0 Å². The summed E-state index contributed by atoms with van der Waals surface area (Å²) >= 11 is 0. The van der Waals surface area contributed by atoms with Gasteiger partial charge in [-0.1, -0.05) is 26.2 Å². The molecule has 3 heterocycles. The van der Waals surface area contributed by atoms with E-state index in [0.717, 1.165) is 68.7 Å². The fraction of sp³-hybridized carbons (Fsp3) is 0.615. The molecule has 2 aliphatic carbocycles. The molecule has 2 fully saturated rings. The first-order valence-electron chi connectivity index (χ1n) is 12.4. The third-order valence-electron chi connectivity index (χ3n) is 7.97. The van der Waals surface area contributed by atoms with Gasteiger partial charge in [-0.15, -0.1) is 0 Å². The Morgan fingerprint density at radius 2 is 1.75 bits per heavy atom. The molecule has 0 aromatic carbocycles. The zero-order valence-electron chi connectivity index (χ0n) is 19.3. The van der Waals surface area contributed by atoms with Crippen LogP contribution in [0.1, 0.15) is 82.1 Å². The minimum atomic E-state index is -0.921. The van der Waals surface area contributed by atoms with E-state index in [1.807, 2.05) is 40.7 Å². The fourth-order valence-corrected chi connectivity index (χ4v) is 6.03. The topological polar surface area (TPSA) is 67.5 Å². The van der Waals surface area contributed by atoms with E-state index in [-0.39, 0.29) is 23.9 Å². The van der Waals surface area contributed by atoms with E-state index in [0.29, 0.717) is 12.2 Å². The predicted molar refractivity (Wildman–Crippen MR) is 123 cm³/mol. The van der Waals surface area contributed by atoms with E-state index in [1.54, 1.807) is 6.26 Å². The monoisotopic (exact) mass is 437 g/mol. The second-order valence-corrected chi connectivity index (χ2v) is 10.3. The zero-order chi connectivity index (χ0) is 22.3. The summed E-state index contributed by atoms with van der Waals surface area (Å²) in [6.45, 7) is 4.70. The highest BCUT2D eigenvalue weighted by molar-refractivity contribution is 6.00. The molecule has 2 amide bonds. The minimum absolute atomic E-state index is 0.0132. The zero-order valence-corrected chi connectivity index (χ0v) is 19.3. The highest BCUT2D eigenvalue weighted by atomic mass is 16.3. The van der Waals surface area contributed by atoms with Crippen molar-refractivity contribution in [1.29, 1.82) is 0 Å². The number of fused-ring (bicyclic) bond motifs is 1. The molecule has 0 spiro atoms. The van der Waals surface area contributed by atoms with Crippen molar-refractivity contribution < 1.29 is 14.0 Å². The molecule has 2 saturated carbocycles. The number of amides is 2. The summed E-state index contributed by atoms with van der Waals surface area (Å²) in [6, 6.07) is 7.90. The molecule has 0 radical (unpaired) electrons. The van der Waals surface area contributed by atoms with E-state index in [2.05, 4.69) is 12.2 Å². The normalized spacial score (nSPS) is 29.1. The third kappa shape index (κ3) is 3.67. The van der Waals surface area contributed by atoms with Crippen LogP contribution in [-0.4, -0.2) is 38.9 Å². The number of hydrogen-bond donors (Lipinski definition) is 1. The standard InChI is InChI=1S/C26H35N3O3/c1-18-10-12-19(13-11-18)27-25(31)26(2)17-28-21(23-9-6-16-32-23)14-15-22(28)24(30)29(26)20-7-4-3-5-8-20/h6,9,14-16,18-20H,3-5,7-8,10-13,17H2,1-2H3,(H,27,31). The lowest BCUT2D eigenvalue weighted by Gasteiger charge is -2.49. The number of nitrogens with zero attached hydrogens (tertiary/aromatic N) is 2. The maximum Gasteiger partial charge on any atom is 0.271 e. The molecule has 2 aromatic heterocycles. The Hall–Kier alpha value is -2.50. The maximum atomic E-state index is 13.9. The summed E-state index contributed by atoms with van der Waals surface area (Å²) in [5.41, 5.74) is 0.584. The number of hydrogen-bond acceptors (Lipinski definition) is 3. The van der Waals surface area contributed by atoms with Crippen LogP contribution in [0.3, 0.4) is 0 Å². The van der Waals surface area contributed by atoms with Crippen molar-refractivity contribution in [2.75, 3.05) is 0 Å². The molecule has 2 aromatic rings. The van der Waals surface area contributed by atoms with E-state index in [4.69, 9.17) is 4.42 Å². The second-order valence-electron chi connectivity index (χ2n) is 10.3. The van der Waals surface area contributed by atoms with E-state index >= 15 is 0 Å². The first kappa shape index (κ1) is 21.4. The molecular formula is C26H35N3O3. The van der Waals surface area contributed by atoms with Gasteiger partial charge < -0.3 is 19.2 Å². The van der Waals surface area contributed by atoms with Gasteiger partial charge >= 0.3 is 0 Å². The van der Waals surface area contributed by atoms with Crippen molar-refractivity contribution >= 4 is 11.8 Å². The van der Waals surface area contributed by atoms with Crippen LogP contribution in [0.2, 0.25) is 0 Å². The molecule has 1 aliphatic heterocycles. The van der Waals surface area contributed by atoms with Crippen LogP contribution >= 0.6 is 0 Å². The number of rotatable bonds is 4. The van der Waals surface area contributed by atoms with Gasteiger partial charge in [-0.2, -0.15) is 0 Å². The summed E-state index contributed by atoms with van der Waals surface area (Å²) in [7, 11) is 0. The maximum absolute atomic E-state index is 13.9. The average molecular weight is 438 g/mol.